The van der Waals surface area contributed by atoms with Crippen molar-refractivity contribution in [3.05, 3.63) is 29.7 Å². The fraction of sp³-hybridized carbons (Fsp3) is 0.500. The molecular weight excluding hydrogens is 413 g/mol. The number of aromatic nitrogens is 3. The second kappa shape index (κ2) is 7.86. The van der Waals surface area contributed by atoms with E-state index in [2.05, 4.69) is 25.6 Å². The van der Waals surface area contributed by atoms with Gasteiger partial charge in [-0.2, -0.15) is 18.2 Å². The largest absolute Gasteiger partial charge is 0.489 e. The summed E-state index contributed by atoms with van der Waals surface area (Å²) in [6.45, 7) is 3.76. The van der Waals surface area contributed by atoms with Gasteiger partial charge in [0.2, 0.25) is 11.9 Å². The van der Waals surface area contributed by atoms with Gasteiger partial charge in [0, 0.05) is 25.9 Å². The highest BCUT2D eigenvalue weighted by atomic mass is 19.4. The number of aryl methyl sites for hydroxylation is 1. The summed E-state index contributed by atoms with van der Waals surface area (Å²) in [7, 11) is 1.84. The number of ether oxygens (including phenoxy) is 1. The molecule has 0 saturated heterocycles. The van der Waals surface area contributed by atoms with Gasteiger partial charge >= 0.3 is 6.18 Å². The molecule has 1 aliphatic heterocycles. The Morgan fingerprint density at radius 3 is 2.65 bits per heavy atom. The van der Waals surface area contributed by atoms with Gasteiger partial charge in [0.1, 0.15) is 29.3 Å². The van der Waals surface area contributed by atoms with E-state index in [0.29, 0.717) is 48.2 Å². The van der Waals surface area contributed by atoms with E-state index in [1.165, 1.54) is 6.07 Å². The molecule has 8 nitrogen and oxygen atoms in total. The Balaban J connectivity index is 1.36. The van der Waals surface area contributed by atoms with Crippen LogP contribution in [0.25, 0.3) is 0 Å². The summed E-state index contributed by atoms with van der Waals surface area (Å²) < 4.78 is 43.5. The number of alkyl halides is 3. The van der Waals surface area contributed by atoms with Crippen molar-refractivity contribution in [2.75, 3.05) is 22.6 Å². The summed E-state index contributed by atoms with van der Waals surface area (Å²) in [5.74, 6) is 1.38. The van der Waals surface area contributed by atoms with E-state index in [1.54, 1.807) is 0 Å². The van der Waals surface area contributed by atoms with Crippen molar-refractivity contribution in [3.8, 4) is 5.75 Å². The normalized spacial score (nSPS) is 23.0. The topological polar surface area (TPSA) is 92.3 Å². The van der Waals surface area contributed by atoms with Crippen LogP contribution in [0.15, 0.2) is 18.3 Å². The Hall–Kier alpha value is -3.11. The lowest BCUT2D eigenvalue weighted by Gasteiger charge is -2.37. The lowest BCUT2D eigenvalue weighted by Crippen LogP contribution is -2.47. The van der Waals surface area contributed by atoms with E-state index >= 15 is 0 Å². The molecule has 0 bridgehead atoms. The van der Waals surface area contributed by atoms with Crippen LogP contribution in [0, 0.1) is 6.92 Å². The molecule has 11 heteroatoms. The first-order valence-corrected chi connectivity index (χ1v) is 10.0. The van der Waals surface area contributed by atoms with Crippen LogP contribution in [0.4, 0.5) is 30.6 Å². The highest BCUT2D eigenvalue weighted by Crippen LogP contribution is 2.35. The van der Waals surface area contributed by atoms with Crippen LogP contribution < -0.4 is 20.3 Å². The van der Waals surface area contributed by atoms with E-state index in [1.807, 2.05) is 25.8 Å². The molecule has 3 heterocycles. The van der Waals surface area contributed by atoms with E-state index in [4.69, 9.17) is 4.74 Å². The minimum atomic E-state index is -4.47. The lowest BCUT2D eigenvalue weighted by atomic mass is 9.89. The number of hydrogen-bond donors (Lipinski definition) is 2. The highest BCUT2D eigenvalue weighted by molar-refractivity contribution is 6.03. The van der Waals surface area contributed by atoms with Crippen molar-refractivity contribution in [3.63, 3.8) is 0 Å². The Kier molecular flexibility index (Phi) is 5.36. The first-order chi connectivity index (χ1) is 14.7. The average molecular weight is 436 g/mol. The first kappa shape index (κ1) is 21.1. The van der Waals surface area contributed by atoms with Crippen LogP contribution in [-0.2, 0) is 11.0 Å². The van der Waals surface area contributed by atoms with Crippen molar-refractivity contribution >= 4 is 23.4 Å². The van der Waals surface area contributed by atoms with Gasteiger partial charge in [-0.25, -0.2) is 9.97 Å². The van der Waals surface area contributed by atoms with Crippen molar-refractivity contribution in [1.29, 1.82) is 0 Å². The summed E-state index contributed by atoms with van der Waals surface area (Å²) >= 11 is 0. The maximum Gasteiger partial charge on any atom is 0.433 e. The Morgan fingerprint density at radius 2 is 2.03 bits per heavy atom. The number of halogens is 3. The molecule has 1 amide bonds. The van der Waals surface area contributed by atoms with Gasteiger partial charge < -0.3 is 20.3 Å². The predicted molar refractivity (Wildman–Crippen MR) is 108 cm³/mol. The van der Waals surface area contributed by atoms with Crippen LogP contribution >= 0.6 is 0 Å². The van der Waals surface area contributed by atoms with Gasteiger partial charge in [-0.15, -0.1) is 0 Å². The minimum absolute atomic E-state index is 0.0679. The number of anilines is 3. The maximum atomic E-state index is 12.6. The van der Waals surface area contributed by atoms with Crippen LogP contribution in [0.2, 0.25) is 0 Å². The monoisotopic (exact) mass is 436 g/mol. The molecule has 31 heavy (non-hydrogen) atoms. The Labute approximate surface area is 177 Å². The zero-order valence-electron chi connectivity index (χ0n) is 17.3. The molecular formula is C20H23F3N6O2. The van der Waals surface area contributed by atoms with E-state index in [0.717, 1.165) is 12.3 Å². The molecule has 0 unspecified atom stereocenters. The van der Waals surface area contributed by atoms with Gasteiger partial charge in [-0.3, -0.25) is 4.79 Å². The molecule has 4 rings (SSSR count). The van der Waals surface area contributed by atoms with Crippen molar-refractivity contribution in [2.24, 2.45) is 0 Å². The number of fused-ring (bicyclic) bond motifs is 1. The van der Waals surface area contributed by atoms with Gasteiger partial charge in [-0.05, 0) is 25.5 Å². The number of hydrogen-bond acceptors (Lipinski definition) is 7. The summed E-state index contributed by atoms with van der Waals surface area (Å²) in [5.41, 5.74) is 0.344. The molecule has 1 fully saturated rings. The summed E-state index contributed by atoms with van der Waals surface area (Å²) in [5, 5.41) is 6.16. The fourth-order valence-electron chi connectivity index (χ4n) is 3.79. The lowest BCUT2D eigenvalue weighted by molar-refractivity contribution is -0.141. The molecule has 0 spiro atoms. The first-order valence-electron chi connectivity index (χ1n) is 10.0. The number of amides is 1. The molecule has 0 radical (unpaired) electrons. The van der Waals surface area contributed by atoms with E-state index in [9.17, 15) is 18.0 Å². The molecule has 2 aromatic heterocycles. The standard InChI is InChI=1S/C20H23F3N6O2/c1-4-14-18(30)27-16-10(2)25-19(28-17(16)29(14)3)26-11-7-13(8-11)31-12-5-6-15(24-9-12)20(21,22)23/h5-6,9,11,13-14H,4,7-8H2,1-3H3,(H,27,30)(H,25,26,28)/t11?,13?,14-/m0/s1. The summed E-state index contributed by atoms with van der Waals surface area (Å²) in [4.78, 5) is 26.5. The van der Waals surface area contributed by atoms with Gasteiger partial charge in [-0.1, -0.05) is 6.92 Å². The Bertz CT molecular complexity index is 976. The quantitative estimate of drug-likeness (QED) is 0.742. The Morgan fingerprint density at radius 1 is 1.29 bits per heavy atom. The number of pyridine rings is 1. The molecule has 2 aliphatic rings. The van der Waals surface area contributed by atoms with E-state index in [-0.39, 0.29) is 24.1 Å². The van der Waals surface area contributed by atoms with E-state index < -0.39 is 11.9 Å². The third-order valence-electron chi connectivity index (χ3n) is 5.57. The molecule has 1 aliphatic carbocycles. The highest BCUT2D eigenvalue weighted by Gasteiger charge is 2.35. The molecule has 1 atom stereocenters. The zero-order valence-corrected chi connectivity index (χ0v) is 17.3. The van der Waals surface area contributed by atoms with Crippen molar-refractivity contribution < 1.29 is 22.7 Å². The average Bonchev–Trinajstić information content (AvgIpc) is 2.67. The molecule has 1 saturated carbocycles. The van der Waals surface area contributed by atoms with Gasteiger partial charge in [0.25, 0.3) is 0 Å². The zero-order chi connectivity index (χ0) is 22.3. The molecule has 0 aromatic carbocycles. The molecule has 2 aromatic rings. The van der Waals surface area contributed by atoms with Crippen molar-refractivity contribution in [1.82, 2.24) is 15.0 Å². The SMILES string of the molecule is CC[C@H]1C(=O)Nc2c(C)nc(NC3CC(Oc4ccc(C(F)(F)F)nc4)C3)nc2N1C. The van der Waals surface area contributed by atoms with Crippen LogP contribution in [-0.4, -0.2) is 46.1 Å². The summed E-state index contributed by atoms with van der Waals surface area (Å²) in [6, 6.07) is 1.98. The number of rotatable bonds is 5. The molecule has 2 N–H and O–H groups in total. The second-order valence-corrected chi connectivity index (χ2v) is 7.78. The smallest absolute Gasteiger partial charge is 0.433 e. The number of carbonyl (C=O) groups excluding carboxylic acids is 1. The third-order valence-corrected chi connectivity index (χ3v) is 5.57. The molecule has 166 valence electrons. The predicted octanol–water partition coefficient (Wildman–Crippen LogP) is 3.39. The maximum absolute atomic E-state index is 12.6. The van der Waals surface area contributed by atoms with Crippen LogP contribution in [0.5, 0.6) is 5.75 Å². The van der Waals surface area contributed by atoms with Gasteiger partial charge in [0.05, 0.1) is 11.9 Å². The number of likely N-dealkylation sites (N-methyl/N-ethyl adjacent to an activating group) is 1. The van der Waals surface area contributed by atoms with Crippen LogP contribution in [0.1, 0.15) is 37.6 Å². The minimum Gasteiger partial charge on any atom is -0.489 e. The number of carbonyl (C=O) groups is 1. The number of nitrogens with zero attached hydrogens (tertiary/aromatic N) is 4. The fourth-order valence-corrected chi connectivity index (χ4v) is 3.79. The van der Waals surface area contributed by atoms with Gasteiger partial charge in [0.15, 0.2) is 5.82 Å². The van der Waals surface area contributed by atoms with Crippen molar-refractivity contribution in [2.45, 2.75) is 57.5 Å². The summed E-state index contributed by atoms with van der Waals surface area (Å²) in [6.07, 6.45) is -1.52. The van der Waals surface area contributed by atoms with Crippen LogP contribution in [0.3, 0.4) is 0 Å². The number of nitrogens with one attached hydrogen (secondary N) is 2. The second-order valence-electron chi connectivity index (χ2n) is 7.78. The third kappa shape index (κ3) is 4.21.